The third kappa shape index (κ3) is 5.33. The zero-order valence-corrected chi connectivity index (χ0v) is 10.8. The summed E-state index contributed by atoms with van der Waals surface area (Å²) in [5, 5.41) is 22.5. The van der Waals surface area contributed by atoms with Crippen LogP contribution >= 0.6 is 0 Å². The van der Waals surface area contributed by atoms with Crippen LogP contribution in [0.15, 0.2) is 24.3 Å². The third-order valence-corrected chi connectivity index (χ3v) is 2.56. The number of hydrogen-bond donors (Lipinski definition) is 4. The first kappa shape index (κ1) is 16.1. The van der Waals surface area contributed by atoms with Gasteiger partial charge in [0.1, 0.15) is 11.9 Å². The van der Waals surface area contributed by atoms with Gasteiger partial charge in [-0.3, -0.25) is 9.59 Å². The van der Waals surface area contributed by atoms with Gasteiger partial charge in [-0.1, -0.05) is 12.1 Å². The Balaban J connectivity index is 2.54. The molecule has 4 N–H and O–H groups in total. The van der Waals surface area contributed by atoms with E-state index >= 15 is 0 Å². The van der Waals surface area contributed by atoms with Crippen LogP contribution in [0.5, 0.6) is 0 Å². The van der Waals surface area contributed by atoms with Gasteiger partial charge in [-0.25, -0.2) is 4.39 Å². The Morgan fingerprint density at radius 3 is 2.60 bits per heavy atom. The molecular formula is C13H17FN2O4. The molecule has 1 aromatic carbocycles. The zero-order chi connectivity index (χ0) is 15.0. The number of carboxylic acids is 1. The van der Waals surface area contributed by atoms with Gasteiger partial charge in [-0.2, -0.15) is 0 Å². The van der Waals surface area contributed by atoms with Gasteiger partial charge >= 0.3 is 5.97 Å². The Bertz CT molecular complexity index is 467. The number of halogens is 1. The van der Waals surface area contributed by atoms with Crippen molar-refractivity contribution < 1.29 is 24.2 Å². The van der Waals surface area contributed by atoms with Crippen LogP contribution in [0.1, 0.15) is 12.8 Å². The number of nitrogens with one attached hydrogen (secondary N) is 2. The molecule has 1 aromatic rings. The molecule has 0 saturated carbocycles. The first-order chi connectivity index (χ1) is 9.54. The highest BCUT2D eigenvalue weighted by Crippen LogP contribution is 2.12. The largest absolute Gasteiger partial charge is 0.480 e. The van der Waals surface area contributed by atoms with Crippen molar-refractivity contribution in [3.8, 4) is 0 Å². The van der Waals surface area contributed by atoms with E-state index in [1.165, 1.54) is 18.2 Å². The van der Waals surface area contributed by atoms with Crippen LogP contribution in [0.4, 0.5) is 10.1 Å². The average Bonchev–Trinajstić information content (AvgIpc) is 2.40. The van der Waals surface area contributed by atoms with Crippen LogP contribution in [0.25, 0.3) is 0 Å². The predicted molar refractivity (Wildman–Crippen MR) is 70.8 cm³/mol. The van der Waals surface area contributed by atoms with Crippen molar-refractivity contribution in [1.82, 2.24) is 5.32 Å². The third-order valence-electron chi connectivity index (χ3n) is 2.56. The summed E-state index contributed by atoms with van der Waals surface area (Å²) >= 11 is 0. The van der Waals surface area contributed by atoms with Gasteiger partial charge in [0.05, 0.1) is 12.1 Å². The van der Waals surface area contributed by atoms with Gasteiger partial charge in [-0.05, 0) is 25.1 Å². The molecule has 0 unspecified atom stereocenters. The monoisotopic (exact) mass is 284 g/mol. The molecule has 0 aliphatic heterocycles. The van der Waals surface area contributed by atoms with Gasteiger partial charge < -0.3 is 20.8 Å². The van der Waals surface area contributed by atoms with Gasteiger partial charge in [0.25, 0.3) is 0 Å². The molecule has 0 saturated heterocycles. The number of para-hydroxylation sites is 1. The second kappa shape index (κ2) is 8.23. The van der Waals surface area contributed by atoms with E-state index in [0.29, 0.717) is 6.42 Å². The van der Waals surface area contributed by atoms with Crippen molar-refractivity contribution in [3.63, 3.8) is 0 Å². The topological polar surface area (TPSA) is 98.7 Å². The lowest BCUT2D eigenvalue weighted by atomic mass is 10.2. The summed E-state index contributed by atoms with van der Waals surface area (Å²) in [6, 6.07) is 4.56. The van der Waals surface area contributed by atoms with Crippen molar-refractivity contribution in [2.24, 2.45) is 0 Å². The lowest BCUT2D eigenvalue weighted by Crippen LogP contribution is -2.40. The van der Waals surface area contributed by atoms with Crippen LogP contribution in [-0.2, 0) is 9.59 Å². The maximum atomic E-state index is 13.3. The molecule has 1 rings (SSSR count). The minimum absolute atomic E-state index is 0.0111. The van der Waals surface area contributed by atoms with Gasteiger partial charge in [0.15, 0.2) is 0 Å². The Kier molecular flexibility index (Phi) is 6.61. The number of anilines is 1. The summed E-state index contributed by atoms with van der Waals surface area (Å²) in [5.74, 6) is -2.36. The van der Waals surface area contributed by atoms with Crippen LogP contribution in [0.2, 0.25) is 0 Å². The summed E-state index contributed by atoms with van der Waals surface area (Å²) in [4.78, 5) is 22.7. The van der Waals surface area contributed by atoms with Crippen molar-refractivity contribution in [2.75, 3.05) is 18.5 Å². The fourth-order valence-electron chi connectivity index (χ4n) is 1.55. The highest BCUT2D eigenvalue weighted by Gasteiger charge is 2.20. The average molecular weight is 284 g/mol. The molecule has 0 spiro atoms. The fourth-order valence-corrected chi connectivity index (χ4v) is 1.55. The lowest BCUT2D eigenvalue weighted by Gasteiger charge is -2.14. The molecule has 0 fully saturated rings. The van der Waals surface area contributed by atoms with E-state index in [-0.39, 0.29) is 25.3 Å². The van der Waals surface area contributed by atoms with Gasteiger partial charge in [0, 0.05) is 6.61 Å². The number of carbonyl (C=O) groups excluding carboxylic acids is 1. The summed E-state index contributed by atoms with van der Waals surface area (Å²) in [6.45, 7) is 0.210. The predicted octanol–water partition coefficient (Wildman–Crippen LogP) is 0.580. The Labute approximate surface area is 115 Å². The number of carboxylic acid groups (broad SMARTS) is 1. The molecule has 0 aliphatic carbocycles. The number of carbonyl (C=O) groups is 2. The molecule has 1 amide bonds. The van der Waals surface area contributed by atoms with E-state index < -0.39 is 23.7 Å². The van der Waals surface area contributed by atoms with Gasteiger partial charge in [-0.15, -0.1) is 0 Å². The Hall–Kier alpha value is -1.99. The van der Waals surface area contributed by atoms with E-state index in [4.69, 9.17) is 10.2 Å². The maximum absolute atomic E-state index is 13.3. The molecule has 0 aliphatic rings. The van der Waals surface area contributed by atoms with Gasteiger partial charge in [0.2, 0.25) is 5.91 Å². The van der Waals surface area contributed by atoms with Crippen LogP contribution in [0.3, 0.4) is 0 Å². The molecule has 7 heteroatoms. The molecule has 20 heavy (non-hydrogen) atoms. The quantitative estimate of drug-likeness (QED) is 0.523. The number of hydrogen-bond acceptors (Lipinski definition) is 4. The van der Waals surface area contributed by atoms with Crippen molar-refractivity contribution in [2.45, 2.75) is 18.9 Å². The minimum atomic E-state index is -1.17. The minimum Gasteiger partial charge on any atom is -0.480 e. The number of aliphatic hydroxyl groups is 1. The van der Waals surface area contributed by atoms with Crippen LogP contribution in [-0.4, -0.2) is 41.3 Å². The number of aliphatic hydroxyl groups excluding tert-OH is 1. The molecule has 0 aromatic heterocycles. The molecule has 0 heterocycles. The number of amides is 1. The molecular weight excluding hydrogens is 267 g/mol. The normalized spacial score (nSPS) is 11.9. The van der Waals surface area contributed by atoms with Crippen LogP contribution < -0.4 is 10.6 Å². The van der Waals surface area contributed by atoms with E-state index in [2.05, 4.69) is 10.6 Å². The molecule has 1 atom stereocenters. The van der Waals surface area contributed by atoms with E-state index in [9.17, 15) is 14.0 Å². The zero-order valence-electron chi connectivity index (χ0n) is 10.8. The summed E-state index contributed by atoms with van der Waals surface area (Å²) in [6.07, 6.45) is 0.0633. The van der Waals surface area contributed by atoms with Crippen LogP contribution in [0, 0.1) is 5.82 Å². The van der Waals surface area contributed by atoms with E-state index in [1.807, 2.05) is 0 Å². The molecule has 0 bridgehead atoms. The highest BCUT2D eigenvalue weighted by atomic mass is 19.1. The number of rotatable bonds is 8. The molecule has 0 radical (unpaired) electrons. The smallest absolute Gasteiger partial charge is 0.321 e. The first-order valence-electron chi connectivity index (χ1n) is 6.16. The number of benzene rings is 1. The second-order valence-corrected chi connectivity index (χ2v) is 4.15. The van der Waals surface area contributed by atoms with Crippen molar-refractivity contribution >= 4 is 17.6 Å². The van der Waals surface area contributed by atoms with Crippen molar-refractivity contribution in [1.29, 1.82) is 0 Å². The maximum Gasteiger partial charge on any atom is 0.321 e. The summed E-state index contributed by atoms with van der Waals surface area (Å²) in [7, 11) is 0. The van der Waals surface area contributed by atoms with Crippen molar-refractivity contribution in [3.05, 3.63) is 30.1 Å². The molecule has 110 valence electrons. The fraction of sp³-hybridized carbons (Fsp3) is 0.385. The molecule has 6 nitrogen and oxygen atoms in total. The Morgan fingerprint density at radius 1 is 1.30 bits per heavy atom. The second-order valence-electron chi connectivity index (χ2n) is 4.15. The SMILES string of the molecule is O=C(C[C@H](NCCCO)C(=O)O)Nc1ccccc1F. The summed E-state index contributed by atoms with van der Waals surface area (Å²) in [5.41, 5.74) is 0.0111. The highest BCUT2D eigenvalue weighted by molar-refractivity contribution is 5.94. The first-order valence-corrected chi connectivity index (χ1v) is 6.16. The standard InChI is InChI=1S/C13H17FN2O4/c14-9-4-1-2-5-10(9)16-12(18)8-11(13(19)20)15-6-3-7-17/h1-2,4-5,11,15,17H,3,6-8H2,(H,16,18)(H,19,20)/t11-/m0/s1. The van der Waals surface area contributed by atoms with E-state index in [0.717, 1.165) is 0 Å². The number of aliphatic carboxylic acids is 1. The van der Waals surface area contributed by atoms with E-state index in [1.54, 1.807) is 6.07 Å². The lowest BCUT2D eigenvalue weighted by molar-refractivity contribution is -0.141. The Morgan fingerprint density at radius 2 is 2.00 bits per heavy atom. The summed E-state index contributed by atoms with van der Waals surface area (Å²) < 4.78 is 13.3.